The van der Waals surface area contributed by atoms with E-state index in [1.54, 1.807) is 18.9 Å². The van der Waals surface area contributed by atoms with Crippen LogP contribution in [0, 0.1) is 5.92 Å². The van der Waals surface area contributed by atoms with Crippen molar-refractivity contribution in [3.63, 3.8) is 0 Å². The van der Waals surface area contributed by atoms with E-state index in [9.17, 15) is 19.2 Å². The molecule has 174 valence electrons. The molecule has 0 aromatic carbocycles. The van der Waals surface area contributed by atoms with Crippen molar-refractivity contribution in [2.75, 3.05) is 26.7 Å². The molecule has 1 unspecified atom stereocenters. The molecule has 2 N–H and O–H groups in total. The summed E-state index contributed by atoms with van der Waals surface area (Å²) in [7, 11) is 1.76. The minimum absolute atomic E-state index is 0.00572. The van der Waals surface area contributed by atoms with Crippen LogP contribution in [0.3, 0.4) is 0 Å². The van der Waals surface area contributed by atoms with Crippen LogP contribution in [0.5, 0.6) is 0 Å². The normalized spacial score (nSPS) is 11.6. The molecule has 0 rings (SSSR count). The Morgan fingerprint density at radius 3 is 1.90 bits per heavy atom. The second kappa shape index (κ2) is 19.1. The number of hydrogen-bond acceptors (Lipinski definition) is 4. The number of nitrogens with zero attached hydrogens (tertiary/aromatic N) is 1. The lowest BCUT2D eigenvalue weighted by Crippen LogP contribution is -2.32. The Hall–Kier alpha value is -1.92. The third-order valence-electron chi connectivity index (χ3n) is 5.15. The van der Waals surface area contributed by atoms with Crippen molar-refractivity contribution in [1.82, 2.24) is 15.5 Å². The first-order chi connectivity index (χ1) is 14.4. The first kappa shape index (κ1) is 28.1. The van der Waals surface area contributed by atoms with E-state index in [1.165, 1.54) is 0 Å². The Morgan fingerprint density at radius 1 is 0.833 bits per heavy atom. The molecule has 0 bridgehead atoms. The van der Waals surface area contributed by atoms with Gasteiger partial charge in [-0.15, -0.1) is 0 Å². The van der Waals surface area contributed by atoms with Gasteiger partial charge in [0.1, 0.15) is 6.29 Å². The lowest BCUT2D eigenvalue weighted by molar-refractivity contribution is -0.135. The number of carbonyl (C=O) groups excluding carboxylic acids is 4. The van der Waals surface area contributed by atoms with Gasteiger partial charge < -0.3 is 20.3 Å². The van der Waals surface area contributed by atoms with Gasteiger partial charge in [0.2, 0.25) is 17.7 Å². The van der Waals surface area contributed by atoms with Crippen LogP contribution in [0.25, 0.3) is 0 Å². The molecule has 0 aliphatic rings. The minimum Gasteiger partial charge on any atom is -0.356 e. The fourth-order valence-electron chi connectivity index (χ4n) is 3.14. The molecule has 0 aliphatic carbocycles. The predicted octanol–water partition coefficient (Wildman–Crippen LogP) is 3.21. The van der Waals surface area contributed by atoms with Crippen molar-refractivity contribution in [3.05, 3.63) is 0 Å². The molecule has 3 amide bonds. The fraction of sp³-hybridized carbons (Fsp3) is 0.826. The monoisotopic (exact) mass is 425 g/mol. The Morgan fingerprint density at radius 2 is 1.37 bits per heavy atom. The van der Waals surface area contributed by atoms with Crippen LogP contribution in [0.4, 0.5) is 0 Å². The second-order valence-electron chi connectivity index (χ2n) is 8.09. The van der Waals surface area contributed by atoms with Gasteiger partial charge in [0.25, 0.3) is 0 Å². The van der Waals surface area contributed by atoms with Gasteiger partial charge in [-0.2, -0.15) is 0 Å². The molecule has 0 aromatic heterocycles. The number of rotatable bonds is 19. The standard InChI is InChI=1S/C23H43N3O4/c1-4-5-10-16-24-21(28)13-8-6-11-17-25-22(29)14-9-7-12-18-26(3)23(30)20(2)15-19-27/h19-20H,4-18H2,1-3H3,(H,24,28)(H,25,29). The van der Waals surface area contributed by atoms with Gasteiger partial charge in [-0.1, -0.05) is 39.5 Å². The molecule has 7 nitrogen and oxygen atoms in total. The predicted molar refractivity (Wildman–Crippen MR) is 120 cm³/mol. The van der Waals surface area contributed by atoms with Crippen LogP contribution < -0.4 is 10.6 Å². The van der Waals surface area contributed by atoms with Crippen LogP contribution in [0.15, 0.2) is 0 Å². The van der Waals surface area contributed by atoms with E-state index in [2.05, 4.69) is 17.6 Å². The smallest absolute Gasteiger partial charge is 0.225 e. The number of carbonyl (C=O) groups is 4. The Labute approximate surface area is 182 Å². The Balaban J connectivity index is 3.54. The first-order valence-corrected chi connectivity index (χ1v) is 11.6. The summed E-state index contributed by atoms with van der Waals surface area (Å²) in [4.78, 5) is 47.6. The maximum Gasteiger partial charge on any atom is 0.225 e. The summed E-state index contributed by atoms with van der Waals surface area (Å²) in [5.74, 6) is -0.0827. The van der Waals surface area contributed by atoms with Crippen molar-refractivity contribution < 1.29 is 19.2 Å². The average Bonchev–Trinajstić information content (AvgIpc) is 2.72. The molecule has 30 heavy (non-hydrogen) atoms. The van der Waals surface area contributed by atoms with E-state index in [0.29, 0.717) is 25.9 Å². The fourth-order valence-corrected chi connectivity index (χ4v) is 3.14. The van der Waals surface area contributed by atoms with Crippen molar-refractivity contribution in [3.8, 4) is 0 Å². The van der Waals surface area contributed by atoms with Crippen molar-refractivity contribution in [2.45, 2.75) is 90.9 Å². The molecule has 7 heteroatoms. The number of hydrogen-bond donors (Lipinski definition) is 2. The quantitative estimate of drug-likeness (QED) is 0.245. The molecule has 0 heterocycles. The van der Waals surface area contributed by atoms with Gasteiger partial charge in [0.15, 0.2) is 0 Å². The van der Waals surface area contributed by atoms with E-state index >= 15 is 0 Å². The zero-order valence-corrected chi connectivity index (χ0v) is 19.3. The molecule has 0 fully saturated rings. The van der Waals surface area contributed by atoms with Crippen LogP contribution in [0.2, 0.25) is 0 Å². The van der Waals surface area contributed by atoms with Gasteiger partial charge >= 0.3 is 0 Å². The van der Waals surface area contributed by atoms with Gasteiger partial charge in [-0.05, 0) is 32.1 Å². The van der Waals surface area contributed by atoms with E-state index in [1.807, 2.05) is 0 Å². The summed E-state index contributed by atoms with van der Waals surface area (Å²) < 4.78 is 0. The molecule has 0 aliphatic heterocycles. The molecular weight excluding hydrogens is 382 g/mol. The highest BCUT2D eigenvalue weighted by atomic mass is 16.2. The average molecular weight is 426 g/mol. The summed E-state index contributed by atoms with van der Waals surface area (Å²) in [6, 6.07) is 0. The molecule has 0 aromatic rings. The molecule has 0 saturated carbocycles. The largest absolute Gasteiger partial charge is 0.356 e. The minimum atomic E-state index is -0.265. The highest BCUT2D eigenvalue weighted by Crippen LogP contribution is 2.07. The molecular formula is C23H43N3O4. The maximum atomic E-state index is 12.0. The summed E-state index contributed by atoms with van der Waals surface area (Å²) in [5, 5.41) is 5.87. The van der Waals surface area contributed by atoms with Gasteiger partial charge in [0.05, 0.1) is 0 Å². The zero-order valence-electron chi connectivity index (χ0n) is 19.3. The van der Waals surface area contributed by atoms with Crippen molar-refractivity contribution in [1.29, 1.82) is 0 Å². The maximum absolute atomic E-state index is 12.0. The lowest BCUT2D eigenvalue weighted by atomic mass is 10.1. The van der Waals surface area contributed by atoms with Crippen LogP contribution in [-0.4, -0.2) is 55.6 Å². The van der Waals surface area contributed by atoms with Crippen LogP contribution >= 0.6 is 0 Å². The number of nitrogens with one attached hydrogen (secondary N) is 2. The highest BCUT2D eigenvalue weighted by Gasteiger charge is 2.16. The van der Waals surface area contributed by atoms with Crippen molar-refractivity contribution in [2.24, 2.45) is 5.92 Å². The Bertz CT molecular complexity index is 497. The van der Waals surface area contributed by atoms with Gasteiger partial charge in [0, 0.05) is 51.9 Å². The third-order valence-corrected chi connectivity index (χ3v) is 5.15. The molecule has 0 spiro atoms. The van der Waals surface area contributed by atoms with E-state index in [4.69, 9.17) is 0 Å². The van der Waals surface area contributed by atoms with E-state index in [0.717, 1.165) is 70.6 Å². The topological polar surface area (TPSA) is 95.6 Å². The SMILES string of the molecule is CCCCCNC(=O)CCCCCNC(=O)CCCCCN(C)C(=O)C(C)CC=O. The van der Waals surface area contributed by atoms with Gasteiger partial charge in [-0.3, -0.25) is 14.4 Å². The summed E-state index contributed by atoms with van der Waals surface area (Å²) in [5.41, 5.74) is 0. The lowest BCUT2D eigenvalue weighted by Gasteiger charge is -2.20. The first-order valence-electron chi connectivity index (χ1n) is 11.6. The molecule has 0 radical (unpaired) electrons. The number of aldehydes is 1. The Kier molecular flexibility index (Phi) is 17.8. The van der Waals surface area contributed by atoms with Crippen molar-refractivity contribution >= 4 is 24.0 Å². The summed E-state index contributed by atoms with van der Waals surface area (Å²) in [6.07, 6.45) is 10.7. The number of amides is 3. The van der Waals surface area contributed by atoms with E-state index < -0.39 is 0 Å². The van der Waals surface area contributed by atoms with Crippen LogP contribution in [0.1, 0.15) is 90.9 Å². The second-order valence-corrected chi connectivity index (χ2v) is 8.09. The summed E-state index contributed by atoms with van der Waals surface area (Å²) in [6.45, 7) is 5.98. The number of unbranched alkanes of at least 4 members (excludes halogenated alkanes) is 6. The molecule has 1 atom stereocenters. The third kappa shape index (κ3) is 15.9. The summed E-state index contributed by atoms with van der Waals surface area (Å²) >= 11 is 0. The van der Waals surface area contributed by atoms with Gasteiger partial charge in [-0.25, -0.2) is 0 Å². The molecule has 0 saturated heterocycles. The zero-order chi connectivity index (χ0) is 22.6. The van der Waals surface area contributed by atoms with E-state index in [-0.39, 0.29) is 30.1 Å². The van der Waals surface area contributed by atoms with Crippen LogP contribution in [-0.2, 0) is 19.2 Å². The highest BCUT2D eigenvalue weighted by molar-refractivity contribution is 5.80.